The van der Waals surface area contributed by atoms with E-state index in [1.807, 2.05) is 0 Å². The highest BCUT2D eigenvalue weighted by atomic mass is 19.1. The molecule has 4 N–H and O–H groups in total. The van der Waals surface area contributed by atoms with Crippen molar-refractivity contribution in [1.29, 1.82) is 0 Å². The predicted octanol–water partition coefficient (Wildman–Crippen LogP) is 0.553. The highest BCUT2D eigenvalue weighted by Gasteiger charge is 2.28. The van der Waals surface area contributed by atoms with Crippen LogP contribution in [0.3, 0.4) is 0 Å². The zero-order valence-corrected chi connectivity index (χ0v) is 11.9. The van der Waals surface area contributed by atoms with Crippen molar-refractivity contribution >= 4 is 11.8 Å². The molecule has 1 aromatic rings. The van der Waals surface area contributed by atoms with Crippen LogP contribution in [0.15, 0.2) is 18.2 Å². The van der Waals surface area contributed by atoms with E-state index < -0.39 is 23.2 Å². The lowest BCUT2D eigenvalue weighted by molar-refractivity contribution is -0.122. The Kier molecular flexibility index (Phi) is 5.44. The van der Waals surface area contributed by atoms with Crippen LogP contribution in [0.1, 0.15) is 36.2 Å². The molecule has 21 heavy (non-hydrogen) atoms. The minimum Gasteiger partial charge on any atom is -0.395 e. The number of hydrogen-bond donors (Lipinski definition) is 3. The van der Waals surface area contributed by atoms with Crippen LogP contribution in [0.2, 0.25) is 0 Å². The molecule has 0 radical (unpaired) electrons. The summed E-state index contributed by atoms with van der Waals surface area (Å²) in [6.45, 7) is 2.79. The Balaban J connectivity index is 3.11. The lowest BCUT2D eigenvalue weighted by Gasteiger charge is -2.22. The van der Waals surface area contributed by atoms with Crippen molar-refractivity contribution in [2.75, 3.05) is 6.61 Å². The maximum atomic E-state index is 13.3. The van der Waals surface area contributed by atoms with Gasteiger partial charge in [-0.25, -0.2) is 4.39 Å². The third-order valence-corrected chi connectivity index (χ3v) is 2.73. The molecular weight excluding hydrogens is 275 g/mol. The van der Waals surface area contributed by atoms with Gasteiger partial charge in [0.15, 0.2) is 0 Å². The molecule has 112 valence electrons. The van der Waals surface area contributed by atoms with Gasteiger partial charge < -0.3 is 16.2 Å². The van der Waals surface area contributed by atoms with Crippen LogP contribution >= 0.6 is 0 Å². The third-order valence-electron chi connectivity index (χ3n) is 2.73. The topological polar surface area (TPSA) is 92.4 Å². The summed E-state index contributed by atoms with van der Waals surface area (Å²) in [7, 11) is 0. The first-order valence-corrected chi connectivity index (χ1v) is 6.29. The fourth-order valence-corrected chi connectivity index (χ4v) is 1.44. The number of halogens is 1. The predicted molar refractivity (Wildman–Crippen MR) is 75.7 cm³/mol. The first-order valence-electron chi connectivity index (χ1n) is 6.29. The molecule has 1 rings (SSSR count). The maximum Gasteiger partial charge on any atom is 0.253 e. The molecule has 0 aliphatic heterocycles. The molecule has 0 heterocycles. The average molecular weight is 292 g/mol. The van der Waals surface area contributed by atoms with E-state index in [1.165, 1.54) is 26.0 Å². The van der Waals surface area contributed by atoms with Crippen LogP contribution in [0.25, 0.3) is 0 Å². The van der Waals surface area contributed by atoms with Crippen molar-refractivity contribution in [3.8, 4) is 11.8 Å². The first kappa shape index (κ1) is 16.7. The second-order valence-electron chi connectivity index (χ2n) is 4.91. The molecular formula is C15H17FN2O3. The van der Waals surface area contributed by atoms with E-state index in [9.17, 15) is 14.0 Å². The Morgan fingerprint density at radius 2 is 2.10 bits per heavy atom. The van der Waals surface area contributed by atoms with Crippen LogP contribution < -0.4 is 11.1 Å². The molecule has 0 aromatic heterocycles. The molecule has 0 spiro atoms. The fraction of sp³-hybridized carbons (Fsp3) is 0.333. The normalized spacial score (nSPS) is 10.5. The average Bonchev–Trinajstić information content (AvgIpc) is 2.39. The number of primary amides is 1. The third kappa shape index (κ3) is 4.58. The number of aliphatic hydroxyl groups excluding tert-OH is 1. The van der Waals surface area contributed by atoms with Crippen LogP contribution in [-0.4, -0.2) is 29.1 Å². The number of aliphatic hydroxyl groups is 1. The summed E-state index contributed by atoms with van der Waals surface area (Å²) in [5.41, 5.74) is 4.23. The van der Waals surface area contributed by atoms with Crippen LogP contribution in [0.5, 0.6) is 0 Å². The van der Waals surface area contributed by atoms with E-state index in [4.69, 9.17) is 10.8 Å². The van der Waals surface area contributed by atoms with E-state index in [0.29, 0.717) is 5.56 Å². The summed E-state index contributed by atoms with van der Waals surface area (Å²) in [5.74, 6) is 3.39. The SMILES string of the molecule is CC(C)(NC(=O)c1cc(F)ccc1C#CCCO)C(N)=O. The second-order valence-corrected chi connectivity index (χ2v) is 4.91. The van der Waals surface area contributed by atoms with E-state index in [-0.39, 0.29) is 18.6 Å². The quantitative estimate of drug-likeness (QED) is 0.708. The van der Waals surface area contributed by atoms with Crippen LogP contribution in [-0.2, 0) is 4.79 Å². The monoisotopic (exact) mass is 292 g/mol. The van der Waals surface area contributed by atoms with Crippen molar-refractivity contribution in [1.82, 2.24) is 5.32 Å². The van der Waals surface area contributed by atoms with Gasteiger partial charge in [-0.3, -0.25) is 9.59 Å². The molecule has 0 unspecified atom stereocenters. The van der Waals surface area contributed by atoms with Gasteiger partial charge in [-0.15, -0.1) is 0 Å². The molecule has 0 aliphatic rings. The molecule has 0 saturated heterocycles. The van der Waals surface area contributed by atoms with Gasteiger partial charge in [0.1, 0.15) is 11.4 Å². The van der Waals surface area contributed by atoms with Gasteiger partial charge in [0.05, 0.1) is 12.2 Å². The Hall–Kier alpha value is -2.39. The number of benzene rings is 1. The fourth-order valence-electron chi connectivity index (χ4n) is 1.44. The highest BCUT2D eigenvalue weighted by molar-refractivity contribution is 6.00. The smallest absolute Gasteiger partial charge is 0.253 e. The number of hydrogen-bond acceptors (Lipinski definition) is 3. The van der Waals surface area contributed by atoms with Crippen LogP contribution in [0.4, 0.5) is 4.39 Å². The van der Waals surface area contributed by atoms with Gasteiger partial charge >= 0.3 is 0 Å². The van der Waals surface area contributed by atoms with Crippen molar-refractivity contribution in [2.45, 2.75) is 25.8 Å². The van der Waals surface area contributed by atoms with Crippen molar-refractivity contribution < 1.29 is 19.1 Å². The summed E-state index contributed by atoms with van der Waals surface area (Å²) in [6.07, 6.45) is 0.241. The molecule has 1 aromatic carbocycles. The van der Waals surface area contributed by atoms with Gasteiger partial charge in [0.2, 0.25) is 5.91 Å². The Labute approximate surface area is 122 Å². The molecule has 2 amide bonds. The number of nitrogens with one attached hydrogen (secondary N) is 1. The van der Waals surface area contributed by atoms with Crippen LogP contribution in [0, 0.1) is 17.7 Å². The summed E-state index contributed by atoms with van der Waals surface area (Å²) in [4.78, 5) is 23.4. The Bertz CT molecular complexity index is 615. The Morgan fingerprint density at radius 1 is 1.43 bits per heavy atom. The zero-order valence-electron chi connectivity index (χ0n) is 11.9. The van der Waals surface area contributed by atoms with Gasteiger partial charge in [0.25, 0.3) is 5.91 Å². The number of amides is 2. The molecule has 0 fully saturated rings. The molecule has 0 bridgehead atoms. The molecule has 0 aliphatic carbocycles. The van der Waals surface area contributed by atoms with Crippen molar-refractivity contribution in [3.05, 3.63) is 35.1 Å². The van der Waals surface area contributed by atoms with Gasteiger partial charge in [-0.05, 0) is 32.0 Å². The zero-order chi connectivity index (χ0) is 16.0. The van der Waals surface area contributed by atoms with Gasteiger partial charge in [-0.1, -0.05) is 11.8 Å². The maximum absolute atomic E-state index is 13.3. The lowest BCUT2D eigenvalue weighted by Crippen LogP contribution is -2.53. The number of carbonyl (C=O) groups excluding carboxylic acids is 2. The molecule has 0 atom stereocenters. The first-order chi connectivity index (χ1) is 9.77. The minimum atomic E-state index is -1.26. The number of carbonyl (C=O) groups is 2. The summed E-state index contributed by atoms with van der Waals surface area (Å²) in [6, 6.07) is 3.58. The van der Waals surface area contributed by atoms with E-state index in [0.717, 1.165) is 6.07 Å². The van der Waals surface area contributed by atoms with Crippen molar-refractivity contribution in [2.24, 2.45) is 5.73 Å². The van der Waals surface area contributed by atoms with Gasteiger partial charge in [0, 0.05) is 12.0 Å². The second kappa shape index (κ2) is 6.86. The number of rotatable bonds is 4. The molecule has 0 saturated carbocycles. The molecule has 5 nitrogen and oxygen atoms in total. The largest absolute Gasteiger partial charge is 0.395 e. The highest BCUT2D eigenvalue weighted by Crippen LogP contribution is 2.12. The minimum absolute atomic E-state index is 0.00904. The molecule has 6 heteroatoms. The summed E-state index contributed by atoms with van der Waals surface area (Å²) in [5, 5.41) is 11.1. The summed E-state index contributed by atoms with van der Waals surface area (Å²) >= 11 is 0. The lowest BCUT2D eigenvalue weighted by atomic mass is 10.0. The van der Waals surface area contributed by atoms with Gasteiger partial charge in [-0.2, -0.15) is 0 Å². The van der Waals surface area contributed by atoms with E-state index >= 15 is 0 Å². The Morgan fingerprint density at radius 3 is 2.67 bits per heavy atom. The van der Waals surface area contributed by atoms with Crippen molar-refractivity contribution in [3.63, 3.8) is 0 Å². The van der Waals surface area contributed by atoms with E-state index in [1.54, 1.807) is 0 Å². The summed E-state index contributed by atoms with van der Waals surface area (Å²) < 4.78 is 13.3. The standard InChI is InChI=1S/C15H17FN2O3/c1-15(2,14(17)21)18-13(20)12-9-11(16)7-6-10(12)5-3-4-8-19/h6-7,9,19H,4,8H2,1-2H3,(H2,17,21)(H,18,20). The van der Waals surface area contributed by atoms with E-state index in [2.05, 4.69) is 17.2 Å². The number of nitrogens with two attached hydrogens (primary N) is 1.